The Morgan fingerprint density at radius 2 is 2.43 bits per heavy atom. The summed E-state index contributed by atoms with van der Waals surface area (Å²) in [6.07, 6.45) is 0.515. The van der Waals surface area contributed by atoms with Crippen LogP contribution >= 0.6 is 0 Å². The lowest BCUT2D eigenvalue weighted by atomic mass is 10.3. The summed E-state index contributed by atoms with van der Waals surface area (Å²) < 4.78 is 4.81. The van der Waals surface area contributed by atoms with Gasteiger partial charge in [-0.25, -0.2) is 4.79 Å². The Morgan fingerprint density at radius 3 is 2.93 bits per heavy atom. The maximum atomic E-state index is 11.2. The lowest BCUT2D eigenvalue weighted by Gasteiger charge is -2.15. The van der Waals surface area contributed by atoms with Gasteiger partial charge in [0.05, 0.1) is 12.7 Å². The zero-order valence-corrected chi connectivity index (χ0v) is 8.53. The highest BCUT2D eigenvalue weighted by molar-refractivity contribution is 5.88. The van der Waals surface area contributed by atoms with E-state index in [9.17, 15) is 9.90 Å². The quantitative estimate of drug-likeness (QED) is 0.518. The van der Waals surface area contributed by atoms with Gasteiger partial charge in [0.2, 0.25) is 0 Å². The number of rotatable bonds is 4. The SMILES string of the molecule is C=C(CN1CCC(O)C1)C(=O)OCC. The minimum Gasteiger partial charge on any atom is -0.463 e. The predicted octanol–water partition coefficient (Wildman–Crippen LogP) is 0.172. The summed E-state index contributed by atoms with van der Waals surface area (Å²) in [5, 5.41) is 9.27. The second-order valence-electron chi connectivity index (χ2n) is 3.50. The van der Waals surface area contributed by atoms with E-state index in [0.29, 0.717) is 25.3 Å². The Kier molecular flexibility index (Phi) is 4.10. The molecule has 1 unspecified atom stereocenters. The van der Waals surface area contributed by atoms with Gasteiger partial charge in [-0.15, -0.1) is 0 Å². The highest BCUT2D eigenvalue weighted by Gasteiger charge is 2.22. The molecule has 0 aromatic heterocycles. The number of nitrogens with zero attached hydrogens (tertiary/aromatic N) is 1. The lowest BCUT2D eigenvalue weighted by Crippen LogP contribution is -2.27. The molecule has 0 radical (unpaired) electrons. The molecule has 14 heavy (non-hydrogen) atoms. The van der Waals surface area contributed by atoms with Crippen molar-refractivity contribution in [1.29, 1.82) is 0 Å². The van der Waals surface area contributed by atoms with Gasteiger partial charge < -0.3 is 9.84 Å². The fourth-order valence-corrected chi connectivity index (χ4v) is 1.52. The van der Waals surface area contributed by atoms with Crippen LogP contribution in [0, 0.1) is 0 Å². The molecule has 0 aromatic rings. The van der Waals surface area contributed by atoms with Gasteiger partial charge in [-0.2, -0.15) is 0 Å². The van der Waals surface area contributed by atoms with Gasteiger partial charge in [0, 0.05) is 25.2 Å². The molecule has 1 aliphatic heterocycles. The van der Waals surface area contributed by atoms with Crippen molar-refractivity contribution in [2.75, 3.05) is 26.2 Å². The first-order valence-electron chi connectivity index (χ1n) is 4.88. The van der Waals surface area contributed by atoms with E-state index >= 15 is 0 Å². The highest BCUT2D eigenvalue weighted by atomic mass is 16.5. The number of aliphatic hydroxyl groups excluding tert-OH is 1. The van der Waals surface area contributed by atoms with Crippen LogP contribution in [0.5, 0.6) is 0 Å². The fourth-order valence-electron chi connectivity index (χ4n) is 1.52. The molecule has 1 rings (SSSR count). The predicted molar refractivity (Wildman–Crippen MR) is 52.8 cm³/mol. The van der Waals surface area contributed by atoms with Crippen molar-refractivity contribution in [3.05, 3.63) is 12.2 Å². The Morgan fingerprint density at radius 1 is 1.71 bits per heavy atom. The van der Waals surface area contributed by atoms with Crippen molar-refractivity contribution in [3.63, 3.8) is 0 Å². The van der Waals surface area contributed by atoms with Crippen molar-refractivity contribution < 1.29 is 14.6 Å². The molecule has 0 aromatic carbocycles. The maximum Gasteiger partial charge on any atom is 0.334 e. The van der Waals surface area contributed by atoms with E-state index in [2.05, 4.69) is 6.58 Å². The topological polar surface area (TPSA) is 49.8 Å². The van der Waals surface area contributed by atoms with Crippen LogP contribution in [-0.4, -0.2) is 48.3 Å². The van der Waals surface area contributed by atoms with Gasteiger partial charge in [0.15, 0.2) is 0 Å². The van der Waals surface area contributed by atoms with Crippen LogP contribution in [0.2, 0.25) is 0 Å². The molecule has 1 heterocycles. The molecule has 0 amide bonds. The third-order valence-corrected chi connectivity index (χ3v) is 2.23. The minimum atomic E-state index is -0.339. The van der Waals surface area contributed by atoms with Crippen LogP contribution in [0.3, 0.4) is 0 Å². The van der Waals surface area contributed by atoms with Crippen molar-refractivity contribution >= 4 is 5.97 Å². The van der Waals surface area contributed by atoms with Crippen molar-refractivity contribution in [1.82, 2.24) is 4.90 Å². The number of hydrogen-bond donors (Lipinski definition) is 1. The van der Waals surface area contributed by atoms with E-state index in [-0.39, 0.29) is 12.1 Å². The van der Waals surface area contributed by atoms with Crippen LogP contribution in [0.1, 0.15) is 13.3 Å². The Hall–Kier alpha value is -0.870. The molecule has 1 fully saturated rings. The molecule has 1 aliphatic rings. The largest absolute Gasteiger partial charge is 0.463 e. The van der Waals surface area contributed by atoms with E-state index in [4.69, 9.17) is 4.74 Å². The third-order valence-electron chi connectivity index (χ3n) is 2.23. The standard InChI is InChI=1S/C10H17NO3/c1-3-14-10(13)8(2)6-11-5-4-9(12)7-11/h9,12H,2-7H2,1H3. The number of likely N-dealkylation sites (tertiary alicyclic amines) is 1. The number of aliphatic hydroxyl groups is 1. The highest BCUT2D eigenvalue weighted by Crippen LogP contribution is 2.10. The minimum absolute atomic E-state index is 0.259. The molecule has 0 saturated carbocycles. The smallest absolute Gasteiger partial charge is 0.334 e. The number of esters is 1. The lowest BCUT2D eigenvalue weighted by molar-refractivity contribution is -0.138. The first-order chi connectivity index (χ1) is 6.63. The van der Waals surface area contributed by atoms with Crippen molar-refractivity contribution in [2.24, 2.45) is 0 Å². The average molecular weight is 199 g/mol. The molecule has 0 bridgehead atoms. The van der Waals surface area contributed by atoms with Gasteiger partial charge in [-0.3, -0.25) is 4.90 Å². The second kappa shape index (κ2) is 5.12. The Bertz CT molecular complexity index is 227. The van der Waals surface area contributed by atoms with E-state index in [1.807, 2.05) is 4.90 Å². The molecular weight excluding hydrogens is 182 g/mol. The molecule has 4 nitrogen and oxygen atoms in total. The molecular formula is C10H17NO3. The van der Waals surface area contributed by atoms with E-state index < -0.39 is 0 Å². The number of hydrogen-bond acceptors (Lipinski definition) is 4. The molecule has 1 atom stereocenters. The Labute approximate surface area is 84.2 Å². The van der Waals surface area contributed by atoms with Gasteiger partial charge in [0.25, 0.3) is 0 Å². The van der Waals surface area contributed by atoms with Gasteiger partial charge in [0.1, 0.15) is 0 Å². The molecule has 0 aliphatic carbocycles. The number of ether oxygens (including phenoxy) is 1. The summed E-state index contributed by atoms with van der Waals surface area (Å²) in [5.74, 6) is -0.339. The molecule has 0 spiro atoms. The summed E-state index contributed by atoms with van der Waals surface area (Å²) in [4.78, 5) is 13.2. The maximum absolute atomic E-state index is 11.2. The van der Waals surface area contributed by atoms with E-state index in [1.165, 1.54) is 0 Å². The summed E-state index contributed by atoms with van der Waals surface area (Å²) in [7, 11) is 0. The zero-order chi connectivity index (χ0) is 10.6. The van der Waals surface area contributed by atoms with Gasteiger partial charge >= 0.3 is 5.97 Å². The van der Waals surface area contributed by atoms with Crippen LogP contribution < -0.4 is 0 Å². The van der Waals surface area contributed by atoms with E-state index in [1.54, 1.807) is 6.92 Å². The van der Waals surface area contributed by atoms with Gasteiger partial charge in [-0.05, 0) is 13.3 Å². The fraction of sp³-hybridized carbons (Fsp3) is 0.700. The molecule has 4 heteroatoms. The summed E-state index contributed by atoms with van der Waals surface area (Å²) in [6.45, 7) is 7.75. The average Bonchev–Trinajstić information content (AvgIpc) is 2.51. The molecule has 80 valence electrons. The summed E-state index contributed by atoms with van der Waals surface area (Å²) in [6, 6.07) is 0. The van der Waals surface area contributed by atoms with Crippen molar-refractivity contribution in [3.8, 4) is 0 Å². The van der Waals surface area contributed by atoms with Crippen LogP contribution in [0.4, 0.5) is 0 Å². The first kappa shape index (κ1) is 11.2. The van der Waals surface area contributed by atoms with Crippen LogP contribution in [-0.2, 0) is 9.53 Å². The second-order valence-corrected chi connectivity index (χ2v) is 3.50. The number of carbonyl (C=O) groups excluding carboxylic acids is 1. The van der Waals surface area contributed by atoms with Crippen LogP contribution in [0.15, 0.2) is 12.2 Å². The number of β-amino-alcohol motifs (C(OH)–C–C–N with tert-alkyl or cyclic N) is 1. The zero-order valence-electron chi connectivity index (χ0n) is 8.53. The number of carbonyl (C=O) groups is 1. The van der Waals surface area contributed by atoms with Crippen molar-refractivity contribution in [2.45, 2.75) is 19.4 Å². The molecule has 1 saturated heterocycles. The van der Waals surface area contributed by atoms with E-state index in [0.717, 1.165) is 13.0 Å². The monoisotopic (exact) mass is 199 g/mol. The van der Waals surface area contributed by atoms with Crippen LogP contribution in [0.25, 0.3) is 0 Å². The third kappa shape index (κ3) is 3.12. The van der Waals surface area contributed by atoms with Gasteiger partial charge in [-0.1, -0.05) is 6.58 Å². The Balaban J connectivity index is 2.30. The normalized spacial score (nSPS) is 22.3. The summed E-state index contributed by atoms with van der Waals surface area (Å²) in [5.41, 5.74) is 0.459. The molecule has 1 N–H and O–H groups in total. The first-order valence-corrected chi connectivity index (χ1v) is 4.88. The summed E-state index contributed by atoms with van der Waals surface area (Å²) >= 11 is 0.